The van der Waals surface area contributed by atoms with Crippen LogP contribution in [0.25, 0.3) is 0 Å². The van der Waals surface area contributed by atoms with Gasteiger partial charge in [-0.3, -0.25) is 4.79 Å². The number of carbonyl (C=O) groups excluding carboxylic acids is 1. The Morgan fingerprint density at radius 2 is 1.66 bits per heavy atom. The molecular weight excluding hydrogens is 368 g/mol. The van der Waals surface area contributed by atoms with Crippen LogP contribution < -0.4 is 14.2 Å². The van der Waals surface area contributed by atoms with Crippen LogP contribution in [0.2, 0.25) is 0 Å². The summed E-state index contributed by atoms with van der Waals surface area (Å²) in [6.07, 6.45) is 5.27. The molecule has 2 aliphatic rings. The Bertz CT molecular complexity index is 660. The van der Waals surface area contributed by atoms with Crippen LogP contribution in [0.5, 0.6) is 17.2 Å². The molecule has 2 aliphatic heterocycles. The lowest BCUT2D eigenvalue weighted by Gasteiger charge is -2.38. The molecule has 6 nitrogen and oxygen atoms in total. The third-order valence-electron chi connectivity index (χ3n) is 6.34. The van der Waals surface area contributed by atoms with Gasteiger partial charge in [-0.1, -0.05) is 6.92 Å². The summed E-state index contributed by atoms with van der Waals surface area (Å²) in [4.78, 5) is 17.6. The van der Waals surface area contributed by atoms with Gasteiger partial charge < -0.3 is 24.0 Å². The van der Waals surface area contributed by atoms with E-state index in [0.29, 0.717) is 29.6 Å². The molecule has 0 aliphatic carbocycles. The zero-order valence-electron chi connectivity index (χ0n) is 18.4. The van der Waals surface area contributed by atoms with Crippen molar-refractivity contribution in [2.45, 2.75) is 39.0 Å². The average Bonchev–Trinajstić information content (AvgIpc) is 2.74. The molecular formula is C23H36N2O4. The van der Waals surface area contributed by atoms with Crippen molar-refractivity contribution in [3.63, 3.8) is 0 Å². The molecule has 1 aromatic rings. The second-order valence-electron chi connectivity index (χ2n) is 8.54. The van der Waals surface area contributed by atoms with Gasteiger partial charge in [-0.2, -0.15) is 0 Å². The van der Waals surface area contributed by atoms with Crippen molar-refractivity contribution in [1.29, 1.82) is 0 Å². The molecule has 0 aromatic heterocycles. The quantitative estimate of drug-likeness (QED) is 0.698. The highest BCUT2D eigenvalue weighted by molar-refractivity contribution is 5.79. The first kappa shape index (κ1) is 21.8. The number of nitrogens with zero attached hydrogens (tertiary/aromatic N) is 2. The van der Waals surface area contributed by atoms with E-state index in [2.05, 4.69) is 11.8 Å². The van der Waals surface area contributed by atoms with Gasteiger partial charge in [0.25, 0.3) is 0 Å². The fourth-order valence-corrected chi connectivity index (χ4v) is 4.57. The normalized spacial score (nSPS) is 21.1. The number of hydrogen-bond donors (Lipinski definition) is 0. The number of hydrogen-bond acceptors (Lipinski definition) is 5. The van der Waals surface area contributed by atoms with E-state index < -0.39 is 0 Å². The van der Waals surface area contributed by atoms with Crippen molar-refractivity contribution in [3.8, 4) is 17.2 Å². The number of benzene rings is 1. The Labute approximate surface area is 175 Å². The summed E-state index contributed by atoms with van der Waals surface area (Å²) in [7, 11) is 4.78. The lowest BCUT2D eigenvalue weighted by atomic mass is 9.94. The maximum absolute atomic E-state index is 13.0. The molecule has 0 bridgehead atoms. The number of piperidine rings is 2. The van der Waals surface area contributed by atoms with Crippen LogP contribution in [0.1, 0.15) is 38.2 Å². The van der Waals surface area contributed by atoms with Gasteiger partial charge in [0.2, 0.25) is 11.7 Å². The van der Waals surface area contributed by atoms with Crippen LogP contribution in [0, 0.1) is 11.8 Å². The molecule has 3 rings (SSSR count). The summed E-state index contributed by atoms with van der Waals surface area (Å²) < 4.78 is 16.2. The Morgan fingerprint density at radius 1 is 1.00 bits per heavy atom. The summed E-state index contributed by atoms with van der Waals surface area (Å²) in [6.45, 7) is 7.61. The maximum atomic E-state index is 13.0. The molecule has 2 fully saturated rings. The summed E-state index contributed by atoms with van der Waals surface area (Å²) in [6, 6.07) is 3.74. The van der Waals surface area contributed by atoms with E-state index in [-0.39, 0.29) is 5.91 Å². The Balaban J connectivity index is 1.60. The minimum Gasteiger partial charge on any atom is -0.493 e. The van der Waals surface area contributed by atoms with Crippen LogP contribution in [0.4, 0.5) is 0 Å². The molecule has 2 saturated heterocycles. The monoisotopic (exact) mass is 404 g/mol. The van der Waals surface area contributed by atoms with Crippen molar-refractivity contribution in [2.24, 2.45) is 11.8 Å². The highest BCUT2D eigenvalue weighted by atomic mass is 16.5. The minimum atomic E-state index is 0.177. The first-order valence-electron chi connectivity index (χ1n) is 10.8. The van der Waals surface area contributed by atoms with Crippen molar-refractivity contribution < 1.29 is 19.0 Å². The van der Waals surface area contributed by atoms with Gasteiger partial charge >= 0.3 is 0 Å². The van der Waals surface area contributed by atoms with Gasteiger partial charge in [-0.15, -0.1) is 0 Å². The van der Waals surface area contributed by atoms with E-state index in [1.807, 2.05) is 17.0 Å². The maximum Gasteiger partial charge on any atom is 0.227 e. The average molecular weight is 405 g/mol. The van der Waals surface area contributed by atoms with Crippen molar-refractivity contribution >= 4 is 5.91 Å². The molecule has 0 radical (unpaired) electrons. The van der Waals surface area contributed by atoms with Crippen molar-refractivity contribution in [2.75, 3.05) is 54.1 Å². The van der Waals surface area contributed by atoms with Gasteiger partial charge in [0, 0.05) is 19.6 Å². The molecule has 0 spiro atoms. The number of carbonyl (C=O) groups is 1. The highest BCUT2D eigenvalue weighted by Gasteiger charge is 2.27. The topological polar surface area (TPSA) is 51.2 Å². The summed E-state index contributed by atoms with van der Waals surface area (Å²) >= 11 is 0. The second-order valence-corrected chi connectivity index (χ2v) is 8.54. The molecule has 1 atom stereocenters. The number of methoxy groups -OCH3 is 3. The van der Waals surface area contributed by atoms with Gasteiger partial charge in [0.1, 0.15) is 0 Å². The summed E-state index contributed by atoms with van der Waals surface area (Å²) in [5.74, 6) is 3.35. The lowest BCUT2D eigenvalue weighted by Crippen LogP contribution is -2.45. The fourth-order valence-electron chi connectivity index (χ4n) is 4.57. The van der Waals surface area contributed by atoms with Crippen molar-refractivity contribution in [3.05, 3.63) is 17.7 Å². The smallest absolute Gasteiger partial charge is 0.227 e. The third-order valence-corrected chi connectivity index (χ3v) is 6.34. The number of likely N-dealkylation sites (tertiary alicyclic amines) is 2. The Hall–Kier alpha value is -1.95. The number of ether oxygens (including phenoxy) is 3. The third kappa shape index (κ3) is 5.56. The van der Waals surface area contributed by atoms with Crippen molar-refractivity contribution in [1.82, 2.24) is 9.80 Å². The van der Waals surface area contributed by atoms with Crippen LogP contribution in [-0.2, 0) is 11.2 Å². The van der Waals surface area contributed by atoms with E-state index in [9.17, 15) is 4.79 Å². The van der Waals surface area contributed by atoms with Gasteiger partial charge in [-0.05, 0) is 68.3 Å². The fraction of sp³-hybridized carbons (Fsp3) is 0.696. The Kier molecular flexibility index (Phi) is 7.64. The standard InChI is InChI=1S/C23H36N2O4/c1-17-7-10-24(11-8-17)15-18-6-5-9-25(16-18)22(26)14-19-12-20(27-2)23(29-4)21(13-19)28-3/h12-13,17-18H,5-11,14-16H2,1-4H3. The van der Waals surface area contributed by atoms with Crippen LogP contribution >= 0.6 is 0 Å². The van der Waals surface area contributed by atoms with E-state index in [1.54, 1.807) is 21.3 Å². The molecule has 1 amide bonds. The van der Waals surface area contributed by atoms with Gasteiger partial charge in [0.15, 0.2) is 11.5 Å². The molecule has 29 heavy (non-hydrogen) atoms. The molecule has 1 aromatic carbocycles. The van der Waals surface area contributed by atoms with E-state index in [0.717, 1.165) is 37.5 Å². The van der Waals surface area contributed by atoms with Crippen LogP contribution in [-0.4, -0.2) is 69.8 Å². The SMILES string of the molecule is COc1cc(CC(=O)N2CCCC(CN3CCC(C)CC3)C2)cc(OC)c1OC. The first-order valence-corrected chi connectivity index (χ1v) is 10.8. The van der Waals surface area contributed by atoms with Crippen LogP contribution in [0.3, 0.4) is 0 Å². The minimum absolute atomic E-state index is 0.177. The van der Waals surface area contributed by atoms with E-state index >= 15 is 0 Å². The second kappa shape index (κ2) is 10.2. The number of rotatable bonds is 7. The zero-order valence-corrected chi connectivity index (χ0v) is 18.4. The highest BCUT2D eigenvalue weighted by Crippen LogP contribution is 2.38. The predicted octanol–water partition coefficient (Wildman–Crippen LogP) is 3.23. The van der Waals surface area contributed by atoms with Gasteiger partial charge in [0.05, 0.1) is 27.8 Å². The first-order chi connectivity index (χ1) is 14.0. The molecule has 1 unspecified atom stereocenters. The molecule has 6 heteroatoms. The molecule has 0 N–H and O–H groups in total. The summed E-state index contributed by atoms with van der Waals surface area (Å²) in [5.41, 5.74) is 0.886. The van der Waals surface area contributed by atoms with E-state index in [1.165, 1.54) is 32.4 Å². The lowest BCUT2D eigenvalue weighted by molar-refractivity contribution is -0.132. The number of amides is 1. The largest absolute Gasteiger partial charge is 0.493 e. The van der Waals surface area contributed by atoms with Gasteiger partial charge in [-0.25, -0.2) is 0 Å². The van der Waals surface area contributed by atoms with Crippen LogP contribution in [0.15, 0.2) is 12.1 Å². The summed E-state index contributed by atoms with van der Waals surface area (Å²) in [5, 5.41) is 0. The van der Waals surface area contributed by atoms with E-state index in [4.69, 9.17) is 14.2 Å². The molecule has 0 saturated carbocycles. The zero-order chi connectivity index (χ0) is 20.8. The predicted molar refractivity (Wildman–Crippen MR) is 114 cm³/mol. The molecule has 162 valence electrons. The molecule has 2 heterocycles. The Morgan fingerprint density at radius 3 is 2.24 bits per heavy atom.